The third-order valence-corrected chi connectivity index (χ3v) is 1.66. The second-order valence-corrected chi connectivity index (χ2v) is 2.53. The van der Waals surface area contributed by atoms with Crippen LogP contribution in [-0.4, -0.2) is 5.11 Å². The number of rotatable bonds is 1. The quantitative estimate of drug-likeness (QED) is 0.637. The van der Waals surface area contributed by atoms with Crippen molar-refractivity contribution >= 4 is 17.3 Å². The highest BCUT2D eigenvalue weighted by molar-refractivity contribution is 6.31. The van der Waals surface area contributed by atoms with Crippen LogP contribution < -0.4 is 5.73 Å². The maximum atomic E-state index is 12.8. The van der Waals surface area contributed by atoms with Crippen LogP contribution in [0.4, 0.5) is 10.1 Å². The van der Waals surface area contributed by atoms with E-state index in [9.17, 15) is 4.39 Å². The lowest BCUT2D eigenvalue weighted by Crippen LogP contribution is -1.94. The van der Waals surface area contributed by atoms with Gasteiger partial charge in [0.15, 0.2) is 0 Å². The Bertz CT molecular complexity index is 254. The fourth-order valence-electron chi connectivity index (χ4n) is 0.774. The van der Waals surface area contributed by atoms with E-state index < -0.39 is 12.4 Å². The lowest BCUT2D eigenvalue weighted by Gasteiger charge is -2.02. The van der Waals surface area contributed by atoms with E-state index in [1.165, 1.54) is 6.07 Å². The highest BCUT2D eigenvalue weighted by Crippen LogP contribution is 2.22. The van der Waals surface area contributed by atoms with Crippen LogP contribution in [0.25, 0.3) is 0 Å². The summed E-state index contributed by atoms with van der Waals surface area (Å²) in [6.07, 6.45) is 0. The van der Waals surface area contributed by atoms with E-state index in [0.29, 0.717) is 0 Å². The number of halogens is 2. The number of nitrogen functional groups attached to an aromatic ring is 1. The van der Waals surface area contributed by atoms with Crippen LogP contribution in [-0.2, 0) is 6.61 Å². The topological polar surface area (TPSA) is 46.2 Å². The van der Waals surface area contributed by atoms with Gasteiger partial charge in [0.05, 0.1) is 11.6 Å². The van der Waals surface area contributed by atoms with Crippen molar-refractivity contribution in [2.45, 2.75) is 6.61 Å². The number of aliphatic hydroxyl groups is 1. The third-order valence-electron chi connectivity index (χ3n) is 1.32. The van der Waals surface area contributed by atoms with Crippen LogP contribution in [0, 0.1) is 5.82 Å². The maximum absolute atomic E-state index is 12.8. The Morgan fingerprint density at radius 1 is 1.55 bits per heavy atom. The van der Waals surface area contributed by atoms with Gasteiger partial charge >= 0.3 is 0 Å². The highest BCUT2D eigenvalue weighted by atomic mass is 35.5. The Labute approximate surface area is 68.4 Å². The zero-order valence-corrected chi connectivity index (χ0v) is 6.40. The maximum Gasteiger partial charge on any atom is 0.132 e. The fourth-order valence-corrected chi connectivity index (χ4v) is 1.05. The SMILES string of the molecule is Nc1cc(F)c(CO)c(Cl)c1. The third kappa shape index (κ3) is 1.61. The van der Waals surface area contributed by atoms with E-state index in [1.54, 1.807) is 0 Å². The molecule has 0 amide bonds. The Morgan fingerprint density at radius 2 is 2.18 bits per heavy atom. The van der Waals surface area contributed by atoms with Gasteiger partial charge in [0.2, 0.25) is 0 Å². The number of hydrogen-bond donors (Lipinski definition) is 2. The van der Waals surface area contributed by atoms with Crippen LogP contribution in [0.1, 0.15) is 5.56 Å². The number of anilines is 1. The molecule has 11 heavy (non-hydrogen) atoms. The molecule has 0 radical (unpaired) electrons. The normalized spacial score (nSPS) is 10.1. The molecule has 0 aliphatic heterocycles. The molecule has 1 aromatic rings. The standard InChI is InChI=1S/C7H7ClFNO/c8-6-1-4(10)2-7(9)5(6)3-11/h1-2,11H,3,10H2. The second kappa shape index (κ2) is 3.07. The van der Waals surface area contributed by atoms with Crippen molar-refractivity contribution in [1.82, 2.24) is 0 Å². The van der Waals surface area contributed by atoms with Gasteiger partial charge in [-0.3, -0.25) is 0 Å². The minimum Gasteiger partial charge on any atom is -0.399 e. The fraction of sp³-hybridized carbons (Fsp3) is 0.143. The molecule has 4 heteroatoms. The summed E-state index contributed by atoms with van der Waals surface area (Å²) in [6, 6.07) is 2.52. The van der Waals surface area contributed by atoms with E-state index in [4.69, 9.17) is 22.4 Å². The highest BCUT2D eigenvalue weighted by Gasteiger charge is 2.06. The minimum atomic E-state index is -0.572. The van der Waals surface area contributed by atoms with E-state index in [1.807, 2.05) is 0 Å². The summed E-state index contributed by atoms with van der Waals surface area (Å²) in [5.74, 6) is -0.572. The first-order valence-corrected chi connectivity index (χ1v) is 3.37. The molecule has 0 spiro atoms. The van der Waals surface area contributed by atoms with Crippen LogP contribution >= 0.6 is 11.6 Å². The number of aliphatic hydroxyl groups excluding tert-OH is 1. The molecule has 0 aliphatic carbocycles. The first kappa shape index (κ1) is 8.30. The minimum absolute atomic E-state index is 0.0841. The molecule has 2 nitrogen and oxygen atoms in total. The summed E-state index contributed by atoms with van der Waals surface area (Å²) in [6.45, 7) is -0.412. The molecular weight excluding hydrogens is 169 g/mol. The van der Waals surface area contributed by atoms with Crippen LogP contribution in [0.5, 0.6) is 0 Å². The number of benzene rings is 1. The molecule has 0 aromatic heterocycles. The van der Waals surface area contributed by atoms with Crippen LogP contribution in [0.15, 0.2) is 12.1 Å². The van der Waals surface area contributed by atoms with Gasteiger partial charge in [-0.1, -0.05) is 11.6 Å². The van der Waals surface area contributed by atoms with E-state index >= 15 is 0 Å². The molecule has 0 fully saturated rings. The molecule has 60 valence electrons. The summed E-state index contributed by atoms with van der Waals surface area (Å²) >= 11 is 5.55. The molecule has 0 saturated carbocycles. The van der Waals surface area contributed by atoms with Crippen molar-refractivity contribution in [3.63, 3.8) is 0 Å². The molecule has 0 atom stereocenters. The van der Waals surface area contributed by atoms with Crippen LogP contribution in [0.2, 0.25) is 5.02 Å². The lowest BCUT2D eigenvalue weighted by molar-refractivity contribution is 0.276. The van der Waals surface area contributed by atoms with Gasteiger partial charge in [-0.2, -0.15) is 0 Å². The Balaban J connectivity index is 3.25. The summed E-state index contributed by atoms with van der Waals surface area (Å²) in [5.41, 5.74) is 5.62. The van der Waals surface area contributed by atoms with E-state index in [-0.39, 0.29) is 16.3 Å². The van der Waals surface area contributed by atoms with Gasteiger partial charge < -0.3 is 10.8 Å². The molecule has 0 heterocycles. The zero-order chi connectivity index (χ0) is 8.43. The lowest BCUT2D eigenvalue weighted by atomic mass is 10.2. The largest absolute Gasteiger partial charge is 0.399 e. The van der Waals surface area contributed by atoms with Crippen molar-refractivity contribution < 1.29 is 9.50 Å². The summed E-state index contributed by atoms with van der Waals surface area (Å²) in [7, 11) is 0. The monoisotopic (exact) mass is 175 g/mol. The van der Waals surface area contributed by atoms with Gasteiger partial charge in [0.25, 0.3) is 0 Å². The van der Waals surface area contributed by atoms with E-state index in [0.717, 1.165) is 6.07 Å². The average Bonchev–Trinajstić information content (AvgIpc) is 1.85. The Morgan fingerprint density at radius 3 is 2.64 bits per heavy atom. The van der Waals surface area contributed by atoms with E-state index in [2.05, 4.69) is 0 Å². The van der Waals surface area contributed by atoms with Crippen molar-refractivity contribution in [3.05, 3.63) is 28.5 Å². The van der Waals surface area contributed by atoms with Crippen molar-refractivity contribution in [2.75, 3.05) is 5.73 Å². The molecule has 1 aromatic carbocycles. The van der Waals surface area contributed by atoms with Crippen LogP contribution in [0.3, 0.4) is 0 Å². The summed E-state index contributed by atoms with van der Waals surface area (Å²) < 4.78 is 12.8. The van der Waals surface area contributed by atoms with Crippen molar-refractivity contribution in [2.24, 2.45) is 0 Å². The van der Waals surface area contributed by atoms with Gasteiger partial charge in [-0.15, -0.1) is 0 Å². The molecule has 1 rings (SSSR count). The summed E-state index contributed by atoms with van der Waals surface area (Å²) in [4.78, 5) is 0. The molecule has 0 bridgehead atoms. The van der Waals surface area contributed by atoms with Gasteiger partial charge in [0.1, 0.15) is 5.82 Å². The first-order valence-electron chi connectivity index (χ1n) is 2.99. The van der Waals surface area contributed by atoms with Gasteiger partial charge in [-0.05, 0) is 12.1 Å². The predicted octanol–water partition coefficient (Wildman–Crippen LogP) is 1.55. The zero-order valence-electron chi connectivity index (χ0n) is 5.64. The molecule has 0 unspecified atom stereocenters. The smallest absolute Gasteiger partial charge is 0.132 e. The van der Waals surface area contributed by atoms with Crippen molar-refractivity contribution in [1.29, 1.82) is 0 Å². The first-order chi connectivity index (χ1) is 5.15. The van der Waals surface area contributed by atoms with Crippen molar-refractivity contribution in [3.8, 4) is 0 Å². The molecule has 0 aliphatic rings. The number of nitrogens with two attached hydrogens (primary N) is 1. The Hall–Kier alpha value is -0.800. The summed E-state index contributed by atoms with van der Waals surface area (Å²) in [5, 5.41) is 8.78. The second-order valence-electron chi connectivity index (χ2n) is 2.12. The number of hydrogen-bond acceptors (Lipinski definition) is 2. The van der Waals surface area contributed by atoms with Gasteiger partial charge in [-0.25, -0.2) is 4.39 Å². The average molecular weight is 176 g/mol. The molecule has 3 N–H and O–H groups in total. The Kier molecular flexibility index (Phi) is 2.31. The molecular formula is C7H7ClFNO. The van der Waals surface area contributed by atoms with Gasteiger partial charge in [0, 0.05) is 11.3 Å². The predicted molar refractivity (Wildman–Crippen MR) is 41.7 cm³/mol. The molecule has 0 saturated heterocycles.